The van der Waals surface area contributed by atoms with E-state index in [4.69, 9.17) is 0 Å². The number of para-hydroxylation sites is 1. The van der Waals surface area contributed by atoms with Crippen LogP contribution in [0, 0.1) is 10.1 Å². The number of fused-ring (bicyclic) bond motifs is 2. The van der Waals surface area contributed by atoms with Gasteiger partial charge in [-0.25, -0.2) is 4.68 Å². The lowest BCUT2D eigenvalue weighted by Crippen LogP contribution is -2.45. The van der Waals surface area contributed by atoms with E-state index in [1.54, 1.807) is 4.68 Å². The van der Waals surface area contributed by atoms with Gasteiger partial charge in [-0.15, -0.1) is 0 Å². The van der Waals surface area contributed by atoms with E-state index in [0.29, 0.717) is 5.82 Å². The number of nitro benzene ring substituents is 1. The smallest absolute Gasteiger partial charge is 0.282 e. The summed E-state index contributed by atoms with van der Waals surface area (Å²) in [7, 11) is 0. The normalized spacial score (nSPS) is 15.4. The summed E-state index contributed by atoms with van der Waals surface area (Å²) in [6.45, 7) is 1.42. The Balaban J connectivity index is 1.47. The molecule has 1 atom stereocenters. The summed E-state index contributed by atoms with van der Waals surface area (Å²) >= 11 is 0. The van der Waals surface area contributed by atoms with Crippen LogP contribution in [0.5, 0.6) is 0 Å². The molecule has 0 fully saturated rings. The highest BCUT2D eigenvalue weighted by atomic mass is 16.6. The molecule has 2 heterocycles. The van der Waals surface area contributed by atoms with E-state index in [9.17, 15) is 24.5 Å². The van der Waals surface area contributed by atoms with Gasteiger partial charge in [-0.05, 0) is 44.4 Å². The maximum atomic E-state index is 13.2. The van der Waals surface area contributed by atoms with Crippen molar-refractivity contribution < 1.29 is 19.3 Å². The van der Waals surface area contributed by atoms with Crippen molar-refractivity contribution in [3.8, 4) is 5.69 Å². The Hall–Kier alpha value is -4.34. The first kappa shape index (κ1) is 20.6. The number of imide groups is 1. The average molecular weight is 445 g/mol. The largest absolute Gasteiger partial charge is 0.309 e. The molecule has 0 saturated carbocycles. The second-order valence-corrected chi connectivity index (χ2v) is 7.98. The van der Waals surface area contributed by atoms with E-state index in [-0.39, 0.29) is 11.1 Å². The fraction of sp³-hybridized carbons (Fsp3) is 0.217. The lowest BCUT2D eigenvalue weighted by Gasteiger charge is -2.22. The maximum Gasteiger partial charge on any atom is 0.282 e. The Kier molecular flexibility index (Phi) is 4.77. The summed E-state index contributed by atoms with van der Waals surface area (Å²) in [5, 5.41) is 18.8. The number of carbonyl (C=O) groups excluding carboxylic acids is 3. The molecule has 10 nitrogen and oxygen atoms in total. The third kappa shape index (κ3) is 3.18. The van der Waals surface area contributed by atoms with Crippen molar-refractivity contribution in [2.24, 2.45) is 0 Å². The Morgan fingerprint density at radius 2 is 1.85 bits per heavy atom. The number of anilines is 1. The van der Waals surface area contributed by atoms with Crippen molar-refractivity contribution in [1.29, 1.82) is 0 Å². The summed E-state index contributed by atoms with van der Waals surface area (Å²) in [6.07, 6.45) is 2.48. The predicted octanol–water partition coefficient (Wildman–Crippen LogP) is 2.89. The summed E-state index contributed by atoms with van der Waals surface area (Å²) in [4.78, 5) is 50.5. The van der Waals surface area contributed by atoms with E-state index in [1.807, 2.05) is 30.3 Å². The van der Waals surface area contributed by atoms with Gasteiger partial charge in [0, 0.05) is 11.6 Å². The molecule has 3 amide bonds. The first-order valence-corrected chi connectivity index (χ1v) is 10.5. The van der Waals surface area contributed by atoms with E-state index in [1.165, 1.54) is 25.1 Å². The lowest BCUT2D eigenvalue weighted by atomic mass is 10.1. The van der Waals surface area contributed by atoms with Gasteiger partial charge in [-0.2, -0.15) is 5.10 Å². The Labute approximate surface area is 188 Å². The number of nitrogens with one attached hydrogen (secondary N) is 1. The van der Waals surface area contributed by atoms with Crippen LogP contribution in [-0.2, 0) is 17.6 Å². The van der Waals surface area contributed by atoms with Gasteiger partial charge in [0.15, 0.2) is 0 Å². The van der Waals surface area contributed by atoms with Gasteiger partial charge in [0.05, 0.1) is 21.9 Å². The molecule has 0 spiro atoms. The Morgan fingerprint density at radius 1 is 1.09 bits per heavy atom. The molecule has 0 radical (unpaired) electrons. The first-order valence-electron chi connectivity index (χ1n) is 10.5. The minimum Gasteiger partial charge on any atom is -0.309 e. The number of hydrogen-bond donors (Lipinski definition) is 1. The van der Waals surface area contributed by atoms with E-state index < -0.39 is 34.4 Å². The highest BCUT2D eigenvalue weighted by Gasteiger charge is 2.45. The van der Waals surface area contributed by atoms with Gasteiger partial charge in [0.25, 0.3) is 17.5 Å². The van der Waals surface area contributed by atoms with Gasteiger partial charge in [-0.3, -0.25) is 29.4 Å². The SMILES string of the molecule is C[C@@H](C(=O)Nc1c2c(nn1-c1ccccc1)CCC2)N1C(=O)c2cccc([N+](=O)[O-])c2C1=O. The van der Waals surface area contributed by atoms with Gasteiger partial charge < -0.3 is 5.32 Å². The zero-order chi connectivity index (χ0) is 23.3. The van der Waals surface area contributed by atoms with E-state index in [0.717, 1.165) is 41.1 Å². The fourth-order valence-corrected chi connectivity index (χ4v) is 4.40. The van der Waals surface area contributed by atoms with E-state index >= 15 is 0 Å². The standard InChI is InChI=1S/C23H19N5O5/c1-13(26-22(30)16-10-6-12-18(28(32)33)19(16)23(26)31)21(29)24-20-15-9-5-11-17(15)25-27(20)14-7-3-2-4-8-14/h2-4,6-8,10,12-13H,5,9,11H2,1H3,(H,24,29)/t13-/m0/s1. The van der Waals surface area contributed by atoms with Crippen LogP contribution in [-0.4, -0.2) is 43.4 Å². The molecule has 0 unspecified atom stereocenters. The molecule has 166 valence electrons. The molecule has 1 aromatic heterocycles. The molecule has 1 N–H and O–H groups in total. The van der Waals surface area contributed by atoms with Crippen LogP contribution < -0.4 is 5.32 Å². The topological polar surface area (TPSA) is 127 Å². The van der Waals surface area contributed by atoms with Crippen LogP contribution in [0.4, 0.5) is 11.5 Å². The van der Waals surface area contributed by atoms with Crippen LogP contribution in [0.3, 0.4) is 0 Å². The number of rotatable bonds is 5. The van der Waals surface area contributed by atoms with Crippen LogP contribution >= 0.6 is 0 Å². The predicted molar refractivity (Wildman–Crippen MR) is 117 cm³/mol. The van der Waals surface area contributed by atoms with Crippen molar-refractivity contribution in [2.75, 3.05) is 5.32 Å². The number of benzene rings is 2. The van der Waals surface area contributed by atoms with Crippen molar-refractivity contribution >= 4 is 29.2 Å². The summed E-state index contributed by atoms with van der Waals surface area (Å²) in [5.41, 5.74) is 1.77. The molecule has 33 heavy (non-hydrogen) atoms. The molecule has 0 saturated heterocycles. The summed E-state index contributed by atoms with van der Waals surface area (Å²) < 4.78 is 1.65. The second-order valence-electron chi connectivity index (χ2n) is 7.98. The van der Waals surface area contributed by atoms with E-state index in [2.05, 4.69) is 10.4 Å². The minimum atomic E-state index is -1.19. The van der Waals surface area contributed by atoms with Gasteiger partial charge in [0.1, 0.15) is 17.4 Å². The van der Waals surface area contributed by atoms with Crippen molar-refractivity contribution in [1.82, 2.24) is 14.7 Å². The summed E-state index contributed by atoms with van der Waals surface area (Å²) in [6, 6.07) is 12.0. The molecule has 10 heteroatoms. The molecule has 0 bridgehead atoms. The highest BCUT2D eigenvalue weighted by molar-refractivity contribution is 6.24. The molecular formula is C23H19N5O5. The third-order valence-corrected chi connectivity index (χ3v) is 6.04. The molecule has 2 aromatic carbocycles. The molecule has 2 aliphatic rings. The van der Waals surface area contributed by atoms with Gasteiger partial charge in [0.2, 0.25) is 5.91 Å². The number of hydrogen-bond acceptors (Lipinski definition) is 6. The minimum absolute atomic E-state index is 0.0796. The summed E-state index contributed by atoms with van der Waals surface area (Å²) in [5.74, 6) is -1.66. The average Bonchev–Trinajstić information content (AvgIpc) is 3.47. The molecular weight excluding hydrogens is 426 g/mol. The van der Waals surface area contributed by atoms with Crippen molar-refractivity contribution in [3.63, 3.8) is 0 Å². The van der Waals surface area contributed by atoms with Gasteiger partial charge in [-0.1, -0.05) is 24.3 Å². The highest BCUT2D eigenvalue weighted by Crippen LogP contribution is 2.34. The van der Waals surface area contributed by atoms with Crippen LogP contribution in [0.15, 0.2) is 48.5 Å². The Bertz CT molecular complexity index is 1330. The zero-order valence-corrected chi connectivity index (χ0v) is 17.6. The fourth-order valence-electron chi connectivity index (χ4n) is 4.40. The monoisotopic (exact) mass is 445 g/mol. The number of amides is 3. The number of carbonyl (C=O) groups is 3. The molecule has 5 rings (SSSR count). The second kappa shape index (κ2) is 7.66. The number of aromatic nitrogens is 2. The van der Waals surface area contributed by atoms with Crippen LogP contribution in [0.1, 0.15) is 45.3 Å². The molecule has 1 aliphatic heterocycles. The number of nitro groups is 1. The first-order chi connectivity index (χ1) is 15.9. The van der Waals surface area contributed by atoms with Crippen LogP contribution in [0.25, 0.3) is 5.69 Å². The number of aryl methyl sites for hydroxylation is 1. The zero-order valence-electron chi connectivity index (χ0n) is 17.6. The maximum absolute atomic E-state index is 13.2. The third-order valence-electron chi connectivity index (χ3n) is 6.04. The number of nitrogens with zero attached hydrogens (tertiary/aromatic N) is 4. The van der Waals surface area contributed by atoms with Crippen LogP contribution in [0.2, 0.25) is 0 Å². The molecule has 3 aromatic rings. The lowest BCUT2D eigenvalue weighted by molar-refractivity contribution is -0.385. The van der Waals surface area contributed by atoms with Crippen molar-refractivity contribution in [2.45, 2.75) is 32.2 Å². The van der Waals surface area contributed by atoms with Crippen molar-refractivity contribution in [3.05, 3.63) is 81.0 Å². The quantitative estimate of drug-likeness (QED) is 0.365. The Morgan fingerprint density at radius 3 is 2.58 bits per heavy atom. The van der Waals surface area contributed by atoms with Gasteiger partial charge >= 0.3 is 0 Å². The molecule has 1 aliphatic carbocycles.